The quantitative estimate of drug-likeness (QED) is 0.375. The van der Waals surface area contributed by atoms with Crippen LogP contribution < -0.4 is 20.1 Å². The molecular formula is C19H31N3O4. The number of nitrogens with zero attached hydrogens (tertiary/aromatic N) is 1. The van der Waals surface area contributed by atoms with Crippen LogP contribution in [0.25, 0.3) is 0 Å². The zero-order valence-corrected chi connectivity index (χ0v) is 16.4. The van der Waals surface area contributed by atoms with Gasteiger partial charge in [0, 0.05) is 20.1 Å². The summed E-state index contributed by atoms with van der Waals surface area (Å²) < 4.78 is 15.9. The summed E-state index contributed by atoms with van der Waals surface area (Å²) in [5.41, 5.74) is 1.14. The predicted molar refractivity (Wildman–Crippen MR) is 103 cm³/mol. The number of guanidine groups is 1. The van der Waals surface area contributed by atoms with E-state index in [2.05, 4.69) is 15.6 Å². The van der Waals surface area contributed by atoms with E-state index < -0.39 is 0 Å². The van der Waals surface area contributed by atoms with E-state index in [-0.39, 0.29) is 11.9 Å². The lowest BCUT2D eigenvalue weighted by Gasteiger charge is -2.15. The van der Waals surface area contributed by atoms with Crippen molar-refractivity contribution >= 4 is 11.9 Å². The van der Waals surface area contributed by atoms with Crippen LogP contribution in [-0.4, -0.2) is 52.4 Å². The first-order chi connectivity index (χ1) is 12.5. The number of carbonyl (C=O) groups is 1. The maximum absolute atomic E-state index is 11.4. The number of hydrogen-bond acceptors (Lipinski definition) is 5. The molecule has 0 aliphatic rings. The normalized spacial score (nSPS) is 12.3. The summed E-state index contributed by atoms with van der Waals surface area (Å²) in [5.74, 6) is 1.70. The fourth-order valence-electron chi connectivity index (χ4n) is 2.33. The molecule has 7 nitrogen and oxygen atoms in total. The third-order valence-corrected chi connectivity index (χ3v) is 3.72. The van der Waals surface area contributed by atoms with Gasteiger partial charge in [0.2, 0.25) is 0 Å². The second-order valence-corrected chi connectivity index (χ2v) is 5.70. The number of hydrogen-bond donors (Lipinski definition) is 2. The van der Waals surface area contributed by atoms with Gasteiger partial charge in [0.25, 0.3) is 0 Å². The molecule has 1 rings (SSSR count). The molecule has 0 aromatic heterocycles. The lowest BCUT2D eigenvalue weighted by Crippen LogP contribution is -2.41. The van der Waals surface area contributed by atoms with E-state index in [0.29, 0.717) is 32.3 Å². The minimum absolute atomic E-state index is 0.238. The summed E-state index contributed by atoms with van der Waals surface area (Å²) in [4.78, 5) is 15.6. The third-order valence-electron chi connectivity index (χ3n) is 3.72. The van der Waals surface area contributed by atoms with Gasteiger partial charge < -0.3 is 24.8 Å². The minimum Gasteiger partial charge on any atom is -0.490 e. The van der Waals surface area contributed by atoms with Crippen LogP contribution >= 0.6 is 0 Å². The fraction of sp³-hybridized carbons (Fsp3) is 0.579. The fourth-order valence-corrected chi connectivity index (χ4v) is 2.33. The zero-order valence-electron chi connectivity index (χ0n) is 16.4. The summed E-state index contributed by atoms with van der Waals surface area (Å²) in [5, 5.41) is 6.36. The molecule has 26 heavy (non-hydrogen) atoms. The summed E-state index contributed by atoms with van der Waals surface area (Å²) in [6.45, 7) is 8.07. The van der Waals surface area contributed by atoms with Crippen LogP contribution in [0.2, 0.25) is 0 Å². The predicted octanol–water partition coefficient (Wildman–Crippen LogP) is 2.00. The van der Waals surface area contributed by atoms with E-state index in [1.165, 1.54) is 7.11 Å². The highest BCUT2D eigenvalue weighted by Gasteiger charge is 2.13. The van der Waals surface area contributed by atoms with Gasteiger partial charge in [-0.1, -0.05) is 13.0 Å². The molecule has 0 radical (unpaired) electrons. The van der Waals surface area contributed by atoms with Crippen molar-refractivity contribution in [2.75, 3.05) is 40.5 Å². The van der Waals surface area contributed by atoms with Crippen LogP contribution in [0.1, 0.15) is 26.3 Å². The Balaban J connectivity index is 2.52. The summed E-state index contributed by atoms with van der Waals surface area (Å²) in [6.07, 6.45) is 0.805. The van der Waals surface area contributed by atoms with Crippen LogP contribution in [0.3, 0.4) is 0 Å². The van der Waals surface area contributed by atoms with Crippen LogP contribution in [0, 0.1) is 5.92 Å². The molecular weight excluding hydrogens is 334 g/mol. The van der Waals surface area contributed by atoms with Crippen molar-refractivity contribution in [3.05, 3.63) is 23.8 Å². The van der Waals surface area contributed by atoms with Crippen molar-refractivity contribution in [2.45, 2.75) is 27.2 Å². The molecule has 1 aromatic carbocycles. The van der Waals surface area contributed by atoms with Crippen LogP contribution in [0.15, 0.2) is 23.2 Å². The molecule has 0 bridgehead atoms. The molecule has 1 atom stereocenters. The number of esters is 1. The smallest absolute Gasteiger partial charge is 0.310 e. The zero-order chi connectivity index (χ0) is 19.4. The summed E-state index contributed by atoms with van der Waals surface area (Å²) >= 11 is 0. The first-order valence-corrected chi connectivity index (χ1v) is 8.96. The number of aliphatic imine (C=N–C) groups is 1. The van der Waals surface area contributed by atoms with Gasteiger partial charge >= 0.3 is 5.97 Å². The molecule has 0 saturated heterocycles. The molecule has 146 valence electrons. The van der Waals surface area contributed by atoms with Crippen molar-refractivity contribution in [3.8, 4) is 11.5 Å². The number of benzene rings is 1. The Morgan fingerprint density at radius 3 is 2.46 bits per heavy atom. The second-order valence-electron chi connectivity index (χ2n) is 5.70. The first kappa shape index (κ1) is 21.6. The molecule has 0 aliphatic carbocycles. The molecule has 1 aromatic rings. The standard InChI is InChI=1S/C19H31N3O4/c1-6-25-16-9-8-15(12-17(16)26-7-2)10-11-21-19(20-4)22-13-14(3)18(23)24-5/h8-9,12,14H,6-7,10-11,13H2,1-5H3,(H2,20,21,22). The SMILES string of the molecule is CCOc1ccc(CCNC(=NC)NCC(C)C(=O)OC)cc1OCC. The Labute approximate surface area is 156 Å². The first-order valence-electron chi connectivity index (χ1n) is 8.96. The van der Waals surface area contributed by atoms with E-state index in [9.17, 15) is 4.79 Å². The van der Waals surface area contributed by atoms with E-state index in [1.807, 2.05) is 32.0 Å². The average molecular weight is 365 g/mol. The summed E-state index contributed by atoms with van der Waals surface area (Å²) in [6, 6.07) is 5.98. The molecule has 2 N–H and O–H groups in total. The molecule has 0 heterocycles. The lowest BCUT2D eigenvalue weighted by atomic mass is 10.1. The molecule has 0 fully saturated rings. The van der Waals surface area contributed by atoms with Crippen molar-refractivity contribution in [1.29, 1.82) is 0 Å². The van der Waals surface area contributed by atoms with E-state index in [4.69, 9.17) is 14.2 Å². The average Bonchev–Trinajstić information content (AvgIpc) is 2.65. The molecule has 7 heteroatoms. The Morgan fingerprint density at radius 2 is 1.85 bits per heavy atom. The van der Waals surface area contributed by atoms with Gasteiger partial charge in [0.15, 0.2) is 17.5 Å². The van der Waals surface area contributed by atoms with Gasteiger partial charge in [-0.2, -0.15) is 0 Å². The Morgan fingerprint density at radius 1 is 1.15 bits per heavy atom. The van der Waals surface area contributed by atoms with E-state index in [0.717, 1.165) is 23.5 Å². The lowest BCUT2D eigenvalue weighted by molar-refractivity contribution is -0.144. The Bertz CT molecular complexity index is 590. The highest BCUT2D eigenvalue weighted by atomic mass is 16.5. The molecule has 0 saturated carbocycles. The number of methoxy groups -OCH3 is 1. The number of nitrogens with one attached hydrogen (secondary N) is 2. The highest BCUT2D eigenvalue weighted by molar-refractivity contribution is 5.80. The molecule has 0 spiro atoms. The van der Waals surface area contributed by atoms with E-state index in [1.54, 1.807) is 14.0 Å². The van der Waals surface area contributed by atoms with Crippen LogP contribution in [0.5, 0.6) is 11.5 Å². The van der Waals surface area contributed by atoms with Gasteiger partial charge in [-0.05, 0) is 38.0 Å². The number of rotatable bonds is 10. The maximum atomic E-state index is 11.4. The van der Waals surface area contributed by atoms with Crippen molar-refractivity contribution < 1.29 is 19.0 Å². The van der Waals surface area contributed by atoms with Gasteiger partial charge in [-0.25, -0.2) is 0 Å². The molecule has 1 unspecified atom stereocenters. The van der Waals surface area contributed by atoms with Gasteiger partial charge in [0.1, 0.15) is 0 Å². The minimum atomic E-state index is -0.245. The van der Waals surface area contributed by atoms with Gasteiger partial charge in [0.05, 0.1) is 26.2 Å². The monoisotopic (exact) mass is 365 g/mol. The Kier molecular flexibility index (Phi) is 9.97. The third kappa shape index (κ3) is 7.21. The topological polar surface area (TPSA) is 81.2 Å². The highest BCUT2D eigenvalue weighted by Crippen LogP contribution is 2.28. The largest absolute Gasteiger partial charge is 0.490 e. The maximum Gasteiger partial charge on any atom is 0.310 e. The number of ether oxygens (including phenoxy) is 3. The molecule has 0 amide bonds. The van der Waals surface area contributed by atoms with Crippen LogP contribution in [-0.2, 0) is 16.0 Å². The Hall–Kier alpha value is -2.44. The number of carbonyl (C=O) groups excluding carboxylic acids is 1. The van der Waals surface area contributed by atoms with Gasteiger partial charge in [-0.15, -0.1) is 0 Å². The second kappa shape index (κ2) is 12.0. The van der Waals surface area contributed by atoms with Gasteiger partial charge in [-0.3, -0.25) is 9.79 Å². The molecule has 0 aliphatic heterocycles. The van der Waals surface area contributed by atoms with Crippen LogP contribution in [0.4, 0.5) is 0 Å². The van der Waals surface area contributed by atoms with Crippen molar-refractivity contribution in [3.63, 3.8) is 0 Å². The van der Waals surface area contributed by atoms with Crippen molar-refractivity contribution in [1.82, 2.24) is 10.6 Å². The van der Waals surface area contributed by atoms with Crippen molar-refractivity contribution in [2.24, 2.45) is 10.9 Å². The van der Waals surface area contributed by atoms with E-state index >= 15 is 0 Å². The summed E-state index contributed by atoms with van der Waals surface area (Å²) in [7, 11) is 3.08.